The molecule has 0 bridgehead atoms. The first-order valence-electron chi connectivity index (χ1n) is 5.27. The Hall–Kier alpha value is -1.24. The first-order chi connectivity index (χ1) is 8.04. The molecule has 0 spiro atoms. The maximum Gasteiger partial charge on any atom is 0.353 e. The van der Waals surface area contributed by atoms with Gasteiger partial charge in [0.2, 0.25) is 6.10 Å². The number of oxime groups is 1. The van der Waals surface area contributed by atoms with Gasteiger partial charge in [0.05, 0.1) is 0 Å². The van der Waals surface area contributed by atoms with Gasteiger partial charge >= 0.3 is 5.97 Å². The van der Waals surface area contributed by atoms with Crippen molar-refractivity contribution in [2.75, 3.05) is 18.6 Å². The third kappa shape index (κ3) is 4.26. The molecule has 1 heterocycles. The number of carboxylic acid groups (broad SMARTS) is 1. The van der Waals surface area contributed by atoms with Gasteiger partial charge in [-0.3, -0.25) is 4.79 Å². The van der Waals surface area contributed by atoms with Gasteiger partial charge in [0.25, 0.3) is 5.91 Å². The van der Waals surface area contributed by atoms with Crippen LogP contribution in [0.1, 0.15) is 13.3 Å². The lowest BCUT2D eigenvalue weighted by molar-refractivity contribution is -0.131. The number of carbonyl (C=O) groups is 2. The molecule has 1 amide bonds. The van der Waals surface area contributed by atoms with Crippen molar-refractivity contribution in [1.82, 2.24) is 5.32 Å². The largest absolute Gasteiger partial charge is 0.477 e. The van der Waals surface area contributed by atoms with E-state index in [1.54, 1.807) is 11.8 Å². The van der Waals surface area contributed by atoms with E-state index in [-0.39, 0.29) is 18.0 Å². The minimum absolute atomic E-state index is 0.0259. The summed E-state index contributed by atoms with van der Waals surface area (Å²) in [6, 6.07) is 0. The minimum Gasteiger partial charge on any atom is -0.477 e. The normalized spacial score (nSPS) is 20.4. The molecule has 2 unspecified atom stereocenters. The summed E-state index contributed by atoms with van der Waals surface area (Å²) in [7, 11) is 0. The zero-order valence-electron chi connectivity index (χ0n) is 9.80. The van der Waals surface area contributed by atoms with E-state index >= 15 is 0 Å². The van der Waals surface area contributed by atoms with E-state index in [0.29, 0.717) is 12.5 Å². The van der Waals surface area contributed by atoms with Crippen LogP contribution in [0.2, 0.25) is 0 Å². The van der Waals surface area contributed by atoms with Gasteiger partial charge in [-0.05, 0) is 17.9 Å². The second-order valence-corrected chi connectivity index (χ2v) is 4.86. The molecule has 2 atom stereocenters. The quantitative estimate of drug-likeness (QED) is 0.718. The molecule has 1 rings (SSSR count). The number of carboxylic acids is 1. The van der Waals surface area contributed by atoms with E-state index in [1.807, 2.05) is 13.2 Å². The Bertz CT molecular complexity index is 332. The van der Waals surface area contributed by atoms with E-state index in [1.165, 1.54) is 0 Å². The van der Waals surface area contributed by atoms with Crippen LogP contribution in [0.3, 0.4) is 0 Å². The van der Waals surface area contributed by atoms with E-state index in [2.05, 4.69) is 10.5 Å². The van der Waals surface area contributed by atoms with Crippen molar-refractivity contribution in [2.45, 2.75) is 19.4 Å². The maximum absolute atomic E-state index is 11.6. The molecule has 0 aromatic carbocycles. The van der Waals surface area contributed by atoms with Crippen molar-refractivity contribution in [2.24, 2.45) is 11.1 Å². The summed E-state index contributed by atoms with van der Waals surface area (Å²) in [5, 5.41) is 14.7. The van der Waals surface area contributed by atoms with Gasteiger partial charge < -0.3 is 15.3 Å². The number of carbonyl (C=O) groups excluding carboxylic acids is 1. The fourth-order valence-corrected chi connectivity index (χ4v) is 2.06. The average molecular weight is 260 g/mol. The van der Waals surface area contributed by atoms with E-state index in [4.69, 9.17) is 9.94 Å². The van der Waals surface area contributed by atoms with Crippen LogP contribution in [-0.4, -0.2) is 47.4 Å². The summed E-state index contributed by atoms with van der Waals surface area (Å²) in [5.41, 5.74) is -0.109. The van der Waals surface area contributed by atoms with Crippen molar-refractivity contribution in [3.05, 3.63) is 0 Å². The molecule has 96 valence electrons. The van der Waals surface area contributed by atoms with Crippen LogP contribution < -0.4 is 5.32 Å². The van der Waals surface area contributed by atoms with Crippen LogP contribution in [0.25, 0.3) is 0 Å². The Balaban J connectivity index is 2.29. The summed E-state index contributed by atoms with van der Waals surface area (Å²) in [4.78, 5) is 27.0. The van der Waals surface area contributed by atoms with Crippen LogP contribution in [0, 0.1) is 5.92 Å². The monoisotopic (exact) mass is 260 g/mol. The van der Waals surface area contributed by atoms with Crippen molar-refractivity contribution < 1.29 is 19.5 Å². The molecule has 0 saturated heterocycles. The highest BCUT2D eigenvalue weighted by molar-refractivity contribution is 7.98. The van der Waals surface area contributed by atoms with Crippen LogP contribution in [-0.2, 0) is 14.4 Å². The fourth-order valence-electron chi connectivity index (χ4n) is 1.38. The molecule has 1 aliphatic rings. The number of nitrogens with zero attached hydrogens (tertiary/aromatic N) is 1. The number of aliphatic carboxylic acids is 1. The molecule has 0 aromatic heterocycles. The predicted molar refractivity (Wildman–Crippen MR) is 65.1 cm³/mol. The Kier molecular flexibility index (Phi) is 5.27. The number of nitrogens with one attached hydrogen (secondary N) is 1. The Morgan fingerprint density at radius 3 is 2.94 bits per heavy atom. The Morgan fingerprint density at radius 1 is 1.71 bits per heavy atom. The number of amides is 1. The van der Waals surface area contributed by atoms with Crippen molar-refractivity contribution in [3.63, 3.8) is 0 Å². The summed E-state index contributed by atoms with van der Waals surface area (Å²) >= 11 is 1.72. The summed E-state index contributed by atoms with van der Waals surface area (Å²) in [5.74, 6) is -0.118. The summed E-state index contributed by atoms with van der Waals surface area (Å²) in [6.07, 6.45) is 1.23. The molecule has 0 aliphatic carbocycles. The van der Waals surface area contributed by atoms with Crippen LogP contribution in [0.5, 0.6) is 0 Å². The van der Waals surface area contributed by atoms with Gasteiger partial charge in [0.15, 0.2) is 5.71 Å². The molecule has 0 fully saturated rings. The van der Waals surface area contributed by atoms with Crippen molar-refractivity contribution in [1.29, 1.82) is 0 Å². The lowest BCUT2D eigenvalue weighted by Crippen LogP contribution is -2.37. The zero-order chi connectivity index (χ0) is 12.8. The third-order valence-corrected chi connectivity index (χ3v) is 3.19. The lowest BCUT2D eigenvalue weighted by Gasteiger charge is -2.13. The second-order valence-electron chi connectivity index (χ2n) is 3.95. The molecule has 6 nitrogen and oxygen atoms in total. The van der Waals surface area contributed by atoms with E-state index < -0.39 is 12.1 Å². The number of hydrogen-bond acceptors (Lipinski definition) is 5. The molecule has 0 aromatic rings. The standard InChI is InChI=1S/C10H16N2O4S/c1-6(5-17-2)4-11-9(13)8-3-7(10(14)15)12-16-8/h6,8H,3-5H2,1-2H3,(H,11,13)(H,14,15). The lowest BCUT2D eigenvalue weighted by atomic mass is 10.1. The van der Waals surface area contributed by atoms with Gasteiger partial charge in [-0.25, -0.2) is 4.79 Å². The molecule has 1 aliphatic heterocycles. The van der Waals surface area contributed by atoms with Gasteiger partial charge in [-0.15, -0.1) is 0 Å². The highest BCUT2D eigenvalue weighted by Gasteiger charge is 2.31. The number of thioether (sulfide) groups is 1. The third-order valence-electron chi connectivity index (χ3n) is 2.28. The van der Waals surface area contributed by atoms with Gasteiger partial charge in [-0.1, -0.05) is 12.1 Å². The van der Waals surface area contributed by atoms with Crippen LogP contribution >= 0.6 is 11.8 Å². The van der Waals surface area contributed by atoms with Crippen LogP contribution in [0.4, 0.5) is 0 Å². The summed E-state index contributed by atoms with van der Waals surface area (Å²) in [6.45, 7) is 2.59. The van der Waals surface area contributed by atoms with Crippen molar-refractivity contribution >= 4 is 29.4 Å². The average Bonchev–Trinajstić information content (AvgIpc) is 2.75. The molecule has 2 N–H and O–H groups in total. The molecule has 7 heteroatoms. The topological polar surface area (TPSA) is 88.0 Å². The van der Waals surface area contributed by atoms with Crippen LogP contribution in [0.15, 0.2) is 5.16 Å². The molecule has 0 radical (unpaired) electrons. The van der Waals surface area contributed by atoms with E-state index in [9.17, 15) is 9.59 Å². The summed E-state index contributed by atoms with van der Waals surface area (Å²) < 4.78 is 0. The zero-order valence-corrected chi connectivity index (χ0v) is 10.6. The Morgan fingerprint density at radius 2 is 2.41 bits per heavy atom. The second kappa shape index (κ2) is 6.48. The maximum atomic E-state index is 11.6. The smallest absolute Gasteiger partial charge is 0.353 e. The van der Waals surface area contributed by atoms with Crippen molar-refractivity contribution in [3.8, 4) is 0 Å². The predicted octanol–water partition coefficient (Wildman–Crippen LogP) is 0.331. The minimum atomic E-state index is -1.14. The fraction of sp³-hybridized carbons (Fsp3) is 0.700. The Labute approximate surface area is 104 Å². The molecule has 0 saturated carbocycles. The molecule has 17 heavy (non-hydrogen) atoms. The molecular formula is C10H16N2O4S. The highest BCUT2D eigenvalue weighted by atomic mass is 32.2. The van der Waals surface area contributed by atoms with Gasteiger partial charge in [-0.2, -0.15) is 11.8 Å². The van der Waals surface area contributed by atoms with Gasteiger partial charge in [0, 0.05) is 13.0 Å². The molecular weight excluding hydrogens is 244 g/mol. The number of rotatable bonds is 6. The van der Waals surface area contributed by atoms with E-state index in [0.717, 1.165) is 5.75 Å². The first-order valence-corrected chi connectivity index (χ1v) is 6.66. The first kappa shape index (κ1) is 13.8. The van der Waals surface area contributed by atoms with Gasteiger partial charge in [0.1, 0.15) is 0 Å². The SMILES string of the molecule is CSCC(C)CNC(=O)C1CC(C(=O)O)=NO1. The number of hydrogen-bond donors (Lipinski definition) is 2. The highest BCUT2D eigenvalue weighted by Crippen LogP contribution is 2.11.